The molecule has 1 saturated heterocycles. The van der Waals surface area contributed by atoms with E-state index in [0.29, 0.717) is 27.9 Å². The van der Waals surface area contributed by atoms with Crippen LogP contribution in [0.1, 0.15) is 16.1 Å². The molecule has 0 aliphatic carbocycles. The summed E-state index contributed by atoms with van der Waals surface area (Å²) in [6.45, 7) is 0.552. The number of nitriles is 1. The molecular weight excluding hydrogens is 481 g/mol. The van der Waals surface area contributed by atoms with Crippen LogP contribution in [0.5, 0.6) is 0 Å². The van der Waals surface area contributed by atoms with E-state index in [-0.39, 0.29) is 29.9 Å². The van der Waals surface area contributed by atoms with Crippen molar-refractivity contribution in [1.82, 2.24) is 14.8 Å². The lowest BCUT2D eigenvalue weighted by Gasteiger charge is -2.17. The second-order valence-electron chi connectivity index (χ2n) is 7.40. The number of nitrogens with one attached hydrogen (secondary N) is 1. The van der Waals surface area contributed by atoms with Gasteiger partial charge < -0.3 is 11.1 Å². The summed E-state index contributed by atoms with van der Waals surface area (Å²) in [5.41, 5.74) is 5.68. The predicted molar refractivity (Wildman–Crippen MR) is 127 cm³/mol. The fourth-order valence-electron chi connectivity index (χ4n) is 3.53. The molecular formula is C23H21ClFN5O3S. The number of benzene rings is 1. The molecule has 4 rings (SSSR count). The first kappa shape index (κ1) is 25.1. The van der Waals surface area contributed by atoms with Crippen LogP contribution < -0.4 is 16.6 Å². The molecule has 0 spiro atoms. The first-order chi connectivity index (χ1) is 16.3. The smallest absolute Gasteiger partial charge is 0.261 e. The maximum absolute atomic E-state index is 12.9. The van der Waals surface area contributed by atoms with Gasteiger partial charge in [0.05, 0.1) is 33.6 Å². The van der Waals surface area contributed by atoms with Gasteiger partial charge in [0.25, 0.3) is 11.5 Å². The van der Waals surface area contributed by atoms with E-state index in [1.54, 1.807) is 47.5 Å². The third-order valence-corrected chi connectivity index (χ3v) is 6.28. The SMILES string of the molecule is N#CCN1C[C@@H](NC(=O)c2ccc(Cl)s2)C[C@H]1C(N)=O.O=c1ccccn1-c1cccc(F)c1. The number of rotatable bonds is 5. The van der Waals surface area contributed by atoms with Crippen molar-refractivity contribution < 1.29 is 14.0 Å². The Balaban J connectivity index is 0.000000202. The molecule has 176 valence electrons. The zero-order valence-electron chi connectivity index (χ0n) is 17.9. The minimum atomic E-state index is -0.508. The van der Waals surface area contributed by atoms with Gasteiger partial charge in [-0.05, 0) is 42.8 Å². The number of likely N-dealkylation sites (tertiary alicyclic amines) is 1. The molecule has 2 atom stereocenters. The van der Waals surface area contributed by atoms with Crippen LogP contribution in [0.15, 0.2) is 65.6 Å². The van der Waals surface area contributed by atoms with Gasteiger partial charge in [-0.15, -0.1) is 11.3 Å². The minimum absolute atomic E-state index is 0.116. The highest BCUT2D eigenvalue weighted by molar-refractivity contribution is 7.18. The molecule has 0 radical (unpaired) electrons. The topological polar surface area (TPSA) is 121 Å². The maximum Gasteiger partial charge on any atom is 0.261 e. The average Bonchev–Trinajstić information content (AvgIpc) is 3.41. The standard InChI is InChI=1S/C12H13ClN4O2S.C11H8FNO/c13-10-2-1-9(20-10)12(19)16-7-5-8(11(15)18)17(6-7)4-3-14;12-9-4-3-5-10(8-9)13-7-2-1-6-11(13)14/h1-2,7-8H,4-6H2,(H2,15,18)(H,16,19);1-8H/t7-,8-;/m0./s1. The molecule has 3 aromatic rings. The number of amides is 2. The summed E-state index contributed by atoms with van der Waals surface area (Å²) in [5, 5.41) is 11.6. The van der Waals surface area contributed by atoms with E-state index in [9.17, 15) is 18.8 Å². The minimum Gasteiger partial charge on any atom is -0.368 e. The number of nitrogens with two attached hydrogens (primary N) is 1. The lowest BCUT2D eigenvalue weighted by molar-refractivity contribution is -0.122. The van der Waals surface area contributed by atoms with Gasteiger partial charge >= 0.3 is 0 Å². The molecule has 0 unspecified atom stereocenters. The van der Waals surface area contributed by atoms with E-state index in [1.165, 1.54) is 34.1 Å². The molecule has 1 aliphatic rings. The average molecular weight is 502 g/mol. The van der Waals surface area contributed by atoms with E-state index in [4.69, 9.17) is 22.6 Å². The van der Waals surface area contributed by atoms with Crippen LogP contribution in [-0.4, -0.2) is 46.5 Å². The van der Waals surface area contributed by atoms with E-state index < -0.39 is 11.9 Å². The Kier molecular flexibility index (Phi) is 8.54. The number of aromatic nitrogens is 1. The van der Waals surface area contributed by atoms with E-state index in [2.05, 4.69) is 5.32 Å². The summed E-state index contributed by atoms with van der Waals surface area (Å²) in [6, 6.07) is 15.3. The molecule has 3 N–H and O–H groups in total. The van der Waals surface area contributed by atoms with E-state index >= 15 is 0 Å². The normalized spacial score (nSPS) is 17.3. The van der Waals surface area contributed by atoms with Gasteiger partial charge in [0.1, 0.15) is 5.82 Å². The van der Waals surface area contributed by atoms with Gasteiger partial charge in [-0.25, -0.2) is 4.39 Å². The number of carbonyl (C=O) groups is 2. The molecule has 2 amide bonds. The summed E-state index contributed by atoms with van der Waals surface area (Å²) >= 11 is 6.98. The summed E-state index contributed by atoms with van der Waals surface area (Å²) in [4.78, 5) is 36.9. The second kappa shape index (κ2) is 11.6. The Morgan fingerprint density at radius 2 is 2.03 bits per heavy atom. The first-order valence-corrected chi connectivity index (χ1v) is 11.4. The van der Waals surface area contributed by atoms with Crippen molar-refractivity contribution in [3.63, 3.8) is 0 Å². The number of hydrogen-bond acceptors (Lipinski definition) is 6. The fraction of sp³-hybridized carbons (Fsp3) is 0.217. The number of carbonyl (C=O) groups excluding carboxylic acids is 2. The molecule has 34 heavy (non-hydrogen) atoms. The summed E-state index contributed by atoms with van der Waals surface area (Å²) in [5.74, 6) is -1.05. The van der Waals surface area contributed by atoms with Crippen LogP contribution in [-0.2, 0) is 4.79 Å². The summed E-state index contributed by atoms with van der Waals surface area (Å²) < 4.78 is 14.8. The zero-order chi connectivity index (χ0) is 24.7. The number of hydrogen-bond donors (Lipinski definition) is 2. The molecule has 2 aromatic heterocycles. The Hall–Kier alpha value is -3.52. The van der Waals surface area contributed by atoms with Gasteiger partial charge in [-0.1, -0.05) is 23.7 Å². The third kappa shape index (κ3) is 6.51. The molecule has 1 aromatic carbocycles. The van der Waals surface area contributed by atoms with Crippen molar-refractivity contribution in [1.29, 1.82) is 5.26 Å². The Labute approximate surface area is 204 Å². The number of thiophene rings is 1. The monoisotopic (exact) mass is 501 g/mol. The van der Waals surface area contributed by atoms with Gasteiger partial charge in [0.15, 0.2) is 0 Å². The van der Waals surface area contributed by atoms with E-state index in [1.807, 2.05) is 6.07 Å². The number of halogens is 2. The zero-order valence-corrected chi connectivity index (χ0v) is 19.4. The lowest BCUT2D eigenvalue weighted by Crippen LogP contribution is -2.40. The Bertz CT molecular complexity index is 1270. The molecule has 1 aliphatic heterocycles. The largest absolute Gasteiger partial charge is 0.368 e. The second-order valence-corrected chi connectivity index (χ2v) is 9.12. The van der Waals surface area contributed by atoms with Crippen LogP contribution in [0.3, 0.4) is 0 Å². The highest BCUT2D eigenvalue weighted by Gasteiger charge is 2.36. The highest BCUT2D eigenvalue weighted by Crippen LogP contribution is 2.22. The van der Waals surface area contributed by atoms with E-state index in [0.717, 1.165) is 0 Å². The quantitative estimate of drug-likeness (QED) is 0.520. The van der Waals surface area contributed by atoms with Crippen molar-refractivity contribution in [3.8, 4) is 11.8 Å². The molecule has 0 bridgehead atoms. The number of primary amides is 1. The van der Waals surface area contributed by atoms with Crippen molar-refractivity contribution >= 4 is 34.8 Å². The van der Waals surface area contributed by atoms with Gasteiger partial charge in [0.2, 0.25) is 5.91 Å². The Morgan fingerprint density at radius 3 is 2.65 bits per heavy atom. The van der Waals surface area contributed by atoms with Gasteiger partial charge in [-0.3, -0.25) is 23.9 Å². The van der Waals surface area contributed by atoms with Crippen LogP contribution in [0.4, 0.5) is 4.39 Å². The van der Waals surface area contributed by atoms with Crippen molar-refractivity contribution in [2.75, 3.05) is 13.1 Å². The van der Waals surface area contributed by atoms with Gasteiger partial charge in [-0.2, -0.15) is 5.26 Å². The lowest BCUT2D eigenvalue weighted by atomic mass is 10.1. The maximum atomic E-state index is 12.9. The van der Waals surface area contributed by atoms with Crippen LogP contribution in [0.2, 0.25) is 4.34 Å². The number of pyridine rings is 1. The molecule has 8 nitrogen and oxygen atoms in total. The summed E-state index contributed by atoms with van der Waals surface area (Å²) in [7, 11) is 0. The first-order valence-electron chi connectivity index (χ1n) is 10.2. The van der Waals surface area contributed by atoms with Crippen LogP contribution in [0, 0.1) is 17.1 Å². The van der Waals surface area contributed by atoms with Crippen LogP contribution >= 0.6 is 22.9 Å². The predicted octanol–water partition coefficient (Wildman–Crippen LogP) is 2.56. The third-order valence-electron chi connectivity index (χ3n) is 5.05. The molecule has 0 saturated carbocycles. The van der Waals surface area contributed by atoms with Crippen molar-refractivity contribution in [3.05, 3.63) is 86.2 Å². The van der Waals surface area contributed by atoms with Crippen molar-refractivity contribution in [2.45, 2.75) is 18.5 Å². The molecule has 11 heteroatoms. The van der Waals surface area contributed by atoms with Gasteiger partial charge in [0, 0.05) is 24.8 Å². The number of nitrogens with zero attached hydrogens (tertiary/aromatic N) is 3. The van der Waals surface area contributed by atoms with Crippen molar-refractivity contribution in [2.24, 2.45) is 5.73 Å². The Morgan fingerprint density at radius 1 is 1.24 bits per heavy atom. The summed E-state index contributed by atoms with van der Waals surface area (Å²) in [6.07, 6.45) is 2.03. The van der Waals surface area contributed by atoms with Crippen LogP contribution in [0.25, 0.3) is 5.69 Å². The molecule has 3 heterocycles. The molecule has 1 fully saturated rings. The highest BCUT2D eigenvalue weighted by atomic mass is 35.5. The fourth-order valence-corrected chi connectivity index (χ4v) is 4.48.